The van der Waals surface area contributed by atoms with E-state index in [1.54, 1.807) is 18.2 Å². The number of benzene rings is 2. The normalized spacial score (nSPS) is 11.4. The van der Waals surface area contributed by atoms with Crippen molar-refractivity contribution in [3.05, 3.63) is 66.0 Å². The van der Waals surface area contributed by atoms with Crippen LogP contribution in [0.15, 0.2) is 49.2 Å². The summed E-state index contributed by atoms with van der Waals surface area (Å²) >= 11 is 13.0. The van der Waals surface area contributed by atoms with Gasteiger partial charge < -0.3 is 10.5 Å². The number of fused-ring (bicyclic) bond motifs is 1. The monoisotopic (exact) mass is 568 g/mol. The first-order valence-electron chi connectivity index (χ1n) is 9.45. The average molecular weight is 571 g/mol. The van der Waals surface area contributed by atoms with Gasteiger partial charge in [-0.05, 0) is 58.2 Å². The minimum absolute atomic E-state index is 0.250. The van der Waals surface area contributed by atoms with Crippen molar-refractivity contribution in [2.24, 2.45) is 10.8 Å². The maximum absolute atomic E-state index is 13.1. The van der Waals surface area contributed by atoms with Gasteiger partial charge in [-0.1, -0.05) is 40.9 Å². The highest BCUT2D eigenvalue weighted by molar-refractivity contribution is 9.10. The molecular weight excluding hydrogens is 552 g/mol. The Kier molecular flexibility index (Phi) is 7.85. The van der Waals surface area contributed by atoms with Crippen molar-refractivity contribution in [2.45, 2.75) is 26.2 Å². The molecule has 162 valence electrons. The van der Waals surface area contributed by atoms with Gasteiger partial charge in [0, 0.05) is 10.9 Å². The van der Waals surface area contributed by atoms with Crippen LogP contribution in [-0.2, 0) is 11.2 Å². The van der Waals surface area contributed by atoms with Crippen LogP contribution in [0.4, 0.5) is 0 Å². The lowest BCUT2D eigenvalue weighted by molar-refractivity contribution is -0.119. The molecule has 1 heterocycles. The van der Waals surface area contributed by atoms with Crippen molar-refractivity contribution < 1.29 is 9.53 Å². The van der Waals surface area contributed by atoms with Gasteiger partial charge in [0.2, 0.25) is 0 Å². The smallest absolute Gasteiger partial charge is 0.282 e. The minimum atomic E-state index is -0.608. The van der Waals surface area contributed by atoms with E-state index in [1.807, 2.05) is 12.1 Å². The molecule has 0 unspecified atom stereocenters. The summed E-state index contributed by atoms with van der Waals surface area (Å²) in [5.41, 5.74) is 6.12. The molecule has 7 nitrogen and oxygen atoms in total. The molecule has 0 atom stereocenters. The lowest BCUT2D eigenvalue weighted by Gasteiger charge is -2.10. The van der Waals surface area contributed by atoms with Crippen LogP contribution < -0.4 is 16.0 Å². The van der Waals surface area contributed by atoms with Crippen molar-refractivity contribution in [1.82, 2.24) is 9.66 Å². The Morgan fingerprint density at radius 1 is 1.32 bits per heavy atom. The van der Waals surface area contributed by atoms with Crippen molar-refractivity contribution in [2.75, 3.05) is 6.61 Å². The molecule has 0 aliphatic rings. The number of carbonyl (C=O) groups is 1. The Morgan fingerprint density at radius 3 is 2.77 bits per heavy atom. The SMILES string of the molecule is CCCCc1nc2ccc(Br)cc2c(=O)n1N=Cc1cc(Cl)c(OCC(N)=O)c(Br)c1. The lowest BCUT2D eigenvalue weighted by atomic mass is 10.2. The summed E-state index contributed by atoms with van der Waals surface area (Å²) in [6.07, 6.45) is 4.00. The van der Waals surface area contributed by atoms with Crippen LogP contribution in [-0.4, -0.2) is 28.4 Å². The minimum Gasteiger partial charge on any atom is -0.481 e. The van der Waals surface area contributed by atoms with Gasteiger partial charge in [-0.15, -0.1) is 0 Å². The number of rotatable bonds is 8. The standard InChI is InChI=1S/C21H19Br2ClN4O3/c1-2-3-4-19-27-17-6-5-13(22)9-14(17)21(30)28(19)26-10-12-7-15(23)20(16(24)8-12)31-11-18(25)29/h5-10H,2-4,11H2,1H3,(H2,25,29). The Hall–Kier alpha value is -2.23. The fraction of sp³-hybridized carbons (Fsp3) is 0.238. The number of hydrogen-bond acceptors (Lipinski definition) is 5. The zero-order valence-corrected chi connectivity index (χ0v) is 20.5. The summed E-state index contributed by atoms with van der Waals surface area (Å²) in [6, 6.07) is 8.74. The molecule has 0 saturated carbocycles. The Bertz CT molecular complexity index is 1200. The number of nitrogens with two attached hydrogens (primary N) is 1. The van der Waals surface area contributed by atoms with Gasteiger partial charge in [-0.2, -0.15) is 9.78 Å². The first-order valence-corrected chi connectivity index (χ1v) is 11.4. The number of nitrogens with zero attached hydrogens (tertiary/aromatic N) is 3. The highest BCUT2D eigenvalue weighted by Crippen LogP contribution is 2.34. The van der Waals surface area contributed by atoms with Crippen LogP contribution in [0.2, 0.25) is 5.02 Å². The molecule has 1 aromatic heterocycles. The predicted molar refractivity (Wildman–Crippen MR) is 129 cm³/mol. The zero-order valence-electron chi connectivity index (χ0n) is 16.6. The third-order valence-corrected chi connectivity index (χ3v) is 5.69. The number of hydrogen-bond donors (Lipinski definition) is 1. The molecule has 10 heteroatoms. The van der Waals surface area contributed by atoms with Gasteiger partial charge in [0.15, 0.2) is 12.4 Å². The second-order valence-corrected chi connectivity index (χ2v) is 8.90. The van der Waals surface area contributed by atoms with E-state index in [9.17, 15) is 9.59 Å². The van der Waals surface area contributed by atoms with Crippen LogP contribution in [0, 0.1) is 0 Å². The van der Waals surface area contributed by atoms with E-state index in [4.69, 9.17) is 22.1 Å². The summed E-state index contributed by atoms with van der Waals surface area (Å²) in [5, 5.41) is 5.15. The maximum atomic E-state index is 13.1. The first kappa shape index (κ1) is 23.4. The largest absolute Gasteiger partial charge is 0.481 e. The van der Waals surface area contributed by atoms with E-state index >= 15 is 0 Å². The number of carbonyl (C=O) groups excluding carboxylic acids is 1. The van der Waals surface area contributed by atoms with Crippen molar-refractivity contribution in [3.63, 3.8) is 0 Å². The molecule has 2 N–H and O–H groups in total. The van der Waals surface area contributed by atoms with Crippen molar-refractivity contribution in [1.29, 1.82) is 0 Å². The fourth-order valence-electron chi connectivity index (χ4n) is 2.87. The van der Waals surface area contributed by atoms with Gasteiger partial charge in [0.1, 0.15) is 5.82 Å². The molecule has 0 saturated heterocycles. The second-order valence-electron chi connectivity index (χ2n) is 6.72. The number of amides is 1. The van der Waals surface area contributed by atoms with Crippen molar-refractivity contribution in [3.8, 4) is 5.75 Å². The molecule has 2 aromatic carbocycles. The van der Waals surface area contributed by atoms with Gasteiger partial charge in [0.05, 0.1) is 26.6 Å². The van der Waals surface area contributed by atoms with Crippen LogP contribution in [0.5, 0.6) is 5.75 Å². The molecule has 0 fully saturated rings. The third-order valence-electron chi connectivity index (χ3n) is 4.33. The number of ether oxygens (including phenoxy) is 1. The number of primary amides is 1. The fourth-order valence-corrected chi connectivity index (χ4v) is 4.22. The molecular formula is C21H19Br2ClN4O3. The molecule has 31 heavy (non-hydrogen) atoms. The molecule has 1 amide bonds. The molecule has 0 radical (unpaired) electrons. The van der Waals surface area contributed by atoms with E-state index < -0.39 is 5.91 Å². The summed E-state index contributed by atoms with van der Waals surface area (Å²) in [4.78, 5) is 28.7. The van der Waals surface area contributed by atoms with E-state index in [0.29, 0.717) is 38.9 Å². The van der Waals surface area contributed by atoms with Crippen molar-refractivity contribution >= 4 is 66.5 Å². The van der Waals surface area contributed by atoms with E-state index in [2.05, 4.69) is 48.9 Å². The topological polar surface area (TPSA) is 99.6 Å². The molecule has 0 aliphatic heterocycles. The molecule has 3 aromatic rings. The molecule has 3 rings (SSSR count). The van der Waals surface area contributed by atoms with Crippen LogP contribution >= 0.6 is 43.5 Å². The Morgan fingerprint density at radius 2 is 2.10 bits per heavy atom. The second kappa shape index (κ2) is 10.4. The number of halogens is 3. The highest BCUT2D eigenvalue weighted by atomic mass is 79.9. The van der Waals surface area contributed by atoms with Gasteiger partial charge >= 0.3 is 0 Å². The van der Waals surface area contributed by atoms with Gasteiger partial charge in [0.25, 0.3) is 11.5 Å². The Balaban J connectivity index is 2.02. The predicted octanol–water partition coefficient (Wildman–Crippen LogP) is 4.66. The number of aryl methyl sites for hydroxylation is 1. The van der Waals surface area contributed by atoms with Crippen LogP contribution in [0.1, 0.15) is 31.2 Å². The van der Waals surface area contributed by atoms with E-state index in [-0.39, 0.29) is 17.2 Å². The zero-order chi connectivity index (χ0) is 22.5. The summed E-state index contributed by atoms with van der Waals surface area (Å²) in [7, 11) is 0. The first-order chi connectivity index (χ1) is 14.8. The van der Waals surface area contributed by atoms with Crippen LogP contribution in [0.25, 0.3) is 10.9 Å². The highest BCUT2D eigenvalue weighted by Gasteiger charge is 2.12. The lowest BCUT2D eigenvalue weighted by Crippen LogP contribution is -2.22. The summed E-state index contributed by atoms with van der Waals surface area (Å²) in [5.74, 6) is 0.281. The molecule has 0 spiro atoms. The third kappa shape index (κ3) is 5.72. The van der Waals surface area contributed by atoms with E-state index in [0.717, 1.165) is 17.3 Å². The average Bonchev–Trinajstić information content (AvgIpc) is 2.71. The quantitative estimate of drug-likeness (QED) is 0.398. The summed E-state index contributed by atoms with van der Waals surface area (Å²) < 4.78 is 7.96. The Labute approximate surface area is 200 Å². The van der Waals surface area contributed by atoms with E-state index in [1.165, 1.54) is 10.9 Å². The maximum Gasteiger partial charge on any atom is 0.282 e. The van der Waals surface area contributed by atoms with Gasteiger partial charge in [-0.3, -0.25) is 9.59 Å². The van der Waals surface area contributed by atoms with Crippen LogP contribution in [0.3, 0.4) is 0 Å². The molecule has 0 aliphatic carbocycles. The summed E-state index contributed by atoms with van der Waals surface area (Å²) in [6.45, 7) is 1.78. The van der Waals surface area contributed by atoms with Gasteiger partial charge in [-0.25, -0.2) is 4.98 Å². The molecule has 0 bridgehead atoms. The number of aromatic nitrogens is 2. The number of unbranched alkanes of at least 4 members (excludes halogenated alkanes) is 1.